The second kappa shape index (κ2) is 5.69. The first kappa shape index (κ1) is 12.8. The minimum atomic E-state index is -0.194. The number of esters is 1. The molecular weight excluding hydrogens is 202 g/mol. The van der Waals surface area contributed by atoms with Crippen molar-refractivity contribution in [3.05, 3.63) is 29.5 Å². The van der Waals surface area contributed by atoms with Crippen LogP contribution in [0.5, 0.6) is 0 Å². The number of rotatable bonds is 3. The van der Waals surface area contributed by atoms with Crippen LogP contribution in [0.4, 0.5) is 0 Å². The van der Waals surface area contributed by atoms with Gasteiger partial charge in [0.25, 0.3) is 0 Å². The van der Waals surface area contributed by atoms with Gasteiger partial charge in [-0.15, -0.1) is 5.73 Å². The molecule has 3 nitrogen and oxygen atoms in total. The van der Waals surface area contributed by atoms with Crippen LogP contribution in [0.15, 0.2) is 29.5 Å². The summed E-state index contributed by atoms with van der Waals surface area (Å²) >= 11 is 0. The molecule has 88 valence electrons. The fourth-order valence-electron chi connectivity index (χ4n) is 1.72. The first-order valence-electron chi connectivity index (χ1n) is 5.59. The van der Waals surface area contributed by atoms with Crippen LogP contribution in [0.2, 0.25) is 0 Å². The molecule has 0 fully saturated rings. The molecule has 16 heavy (non-hydrogen) atoms. The second-order valence-corrected chi connectivity index (χ2v) is 4.59. The Bertz CT molecular complexity index is 347. The summed E-state index contributed by atoms with van der Waals surface area (Å²) < 4.78 is 5.97. The molecule has 0 N–H and O–H groups in total. The van der Waals surface area contributed by atoms with Crippen LogP contribution in [0.1, 0.15) is 13.3 Å². The third kappa shape index (κ3) is 4.05. The second-order valence-electron chi connectivity index (χ2n) is 4.59. The van der Waals surface area contributed by atoms with Crippen LogP contribution < -0.4 is 0 Å². The Kier molecular flexibility index (Phi) is 4.53. The van der Waals surface area contributed by atoms with Crippen LogP contribution in [-0.4, -0.2) is 44.2 Å². The highest BCUT2D eigenvalue weighted by Crippen LogP contribution is 2.14. The first-order chi connectivity index (χ1) is 7.55. The molecular formula is C13H20NO2+. The maximum absolute atomic E-state index is 11.7. The third-order valence-corrected chi connectivity index (χ3v) is 2.57. The molecule has 0 aliphatic carbocycles. The highest BCUT2D eigenvalue weighted by Gasteiger charge is 2.25. The fraction of sp³-hybridized carbons (Fsp3) is 0.538. The lowest BCUT2D eigenvalue weighted by Crippen LogP contribution is -2.45. The van der Waals surface area contributed by atoms with Gasteiger partial charge in [-0.2, -0.15) is 0 Å². The van der Waals surface area contributed by atoms with Crippen molar-refractivity contribution in [3.8, 4) is 0 Å². The lowest BCUT2D eigenvalue weighted by atomic mass is 10.1. The number of ether oxygens (including phenoxy) is 1. The molecule has 1 aliphatic rings. The van der Waals surface area contributed by atoms with Crippen molar-refractivity contribution < 1.29 is 14.0 Å². The number of quaternary nitrogens is 1. The van der Waals surface area contributed by atoms with Crippen molar-refractivity contribution in [2.24, 2.45) is 0 Å². The molecule has 0 radical (unpaired) electrons. The molecule has 0 spiro atoms. The van der Waals surface area contributed by atoms with Crippen LogP contribution in [-0.2, 0) is 9.53 Å². The molecule has 0 atom stereocenters. The molecule has 3 heteroatoms. The molecule has 1 heterocycles. The van der Waals surface area contributed by atoms with Gasteiger partial charge in [0.2, 0.25) is 0 Å². The van der Waals surface area contributed by atoms with Gasteiger partial charge in [-0.1, -0.05) is 6.08 Å². The van der Waals surface area contributed by atoms with E-state index in [1.807, 2.05) is 13.0 Å². The topological polar surface area (TPSA) is 26.3 Å². The van der Waals surface area contributed by atoms with Crippen molar-refractivity contribution >= 4 is 5.97 Å². The molecule has 1 aliphatic heterocycles. The van der Waals surface area contributed by atoms with Gasteiger partial charge < -0.3 is 9.22 Å². The van der Waals surface area contributed by atoms with E-state index in [4.69, 9.17) is 4.74 Å². The zero-order valence-corrected chi connectivity index (χ0v) is 10.3. The molecule has 0 aromatic carbocycles. The van der Waals surface area contributed by atoms with Gasteiger partial charge in [0.05, 0.1) is 26.2 Å². The van der Waals surface area contributed by atoms with Gasteiger partial charge in [0.15, 0.2) is 0 Å². The van der Waals surface area contributed by atoms with Crippen molar-refractivity contribution in [2.45, 2.75) is 13.3 Å². The van der Waals surface area contributed by atoms with Crippen molar-refractivity contribution in [1.29, 1.82) is 0 Å². The first-order valence-corrected chi connectivity index (χ1v) is 5.59. The normalized spacial score (nSPS) is 18.1. The Balaban J connectivity index is 2.48. The summed E-state index contributed by atoms with van der Waals surface area (Å²) in [5, 5.41) is 0. The van der Waals surface area contributed by atoms with Crippen LogP contribution in [0.25, 0.3) is 0 Å². The summed E-state index contributed by atoms with van der Waals surface area (Å²) in [5.74, 6) is -0.194. The molecule has 0 aromatic rings. The molecule has 0 unspecified atom stereocenters. The summed E-state index contributed by atoms with van der Waals surface area (Å²) in [6.45, 7) is 4.01. The van der Waals surface area contributed by atoms with E-state index in [0.29, 0.717) is 6.61 Å². The summed E-state index contributed by atoms with van der Waals surface area (Å²) in [7, 11) is 4.25. The van der Waals surface area contributed by atoms with Gasteiger partial charge in [-0.25, -0.2) is 4.79 Å². The van der Waals surface area contributed by atoms with Crippen LogP contribution >= 0.6 is 0 Å². The van der Waals surface area contributed by atoms with E-state index in [9.17, 15) is 4.79 Å². The number of carbonyl (C=O) groups is 1. The maximum Gasteiger partial charge on any atom is 0.339 e. The number of likely N-dealkylation sites (N-methyl/N-ethyl adjacent to an activating group) is 1. The summed E-state index contributed by atoms with van der Waals surface area (Å²) in [4.78, 5) is 11.7. The Morgan fingerprint density at radius 3 is 3.00 bits per heavy atom. The van der Waals surface area contributed by atoms with E-state index in [1.54, 1.807) is 12.2 Å². The quantitative estimate of drug-likeness (QED) is 0.412. The molecule has 0 bridgehead atoms. The predicted octanol–water partition coefficient (Wildman–Crippen LogP) is 1.67. The highest BCUT2D eigenvalue weighted by atomic mass is 16.5. The smallest absolute Gasteiger partial charge is 0.339 e. The third-order valence-electron chi connectivity index (χ3n) is 2.57. The van der Waals surface area contributed by atoms with Gasteiger partial charge in [0, 0.05) is 6.42 Å². The molecule has 0 saturated heterocycles. The number of carbonyl (C=O) groups excluding carboxylic acids is 1. The molecule has 1 rings (SSSR count). The maximum atomic E-state index is 11.7. The molecule has 0 saturated carbocycles. The standard InChI is InChI=1S/C13H20NO2/c1-4-5-6-10-16-13(15)12-8-7-9-14(2,3)11-12/h4,6,8H,7,9-11H2,1-3H3/q+1. The van der Waals surface area contributed by atoms with Crippen LogP contribution in [0.3, 0.4) is 0 Å². The average Bonchev–Trinajstić information content (AvgIpc) is 2.22. The zero-order valence-electron chi connectivity index (χ0n) is 10.3. The van der Waals surface area contributed by atoms with E-state index in [2.05, 4.69) is 19.8 Å². The van der Waals surface area contributed by atoms with Crippen molar-refractivity contribution in [2.75, 3.05) is 33.8 Å². The minimum Gasteiger partial charge on any atom is -0.457 e. The highest BCUT2D eigenvalue weighted by molar-refractivity contribution is 5.88. The van der Waals surface area contributed by atoms with E-state index in [1.165, 1.54) is 0 Å². The van der Waals surface area contributed by atoms with Crippen molar-refractivity contribution in [3.63, 3.8) is 0 Å². The largest absolute Gasteiger partial charge is 0.457 e. The Morgan fingerprint density at radius 1 is 1.62 bits per heavy atom. The van der Waals surface area contributed by atoms with E-state index >= 15 is 0 Å². The minimum absolute atomic E-state index is 0.194. The predicted molar refractivity (Wildman–Crippen MR) is 63.8 cm³/mol. The summed E-state index contributed by atoms with van der Waals surface area (Å²) in [6.07, 6.45) is 6.43. The number of hydrogen-bond acceptors (Lipinski definition) is 2. The van der Waals surface area contributed by atoms with Gasteiger partial charge >= 0.3 is 5.97 Å². The van der Waals surface area contributed by atoms with Crippen molar-refractivity contribution in [1.82, 2.24) is 0 Å². The Morgan fingerprint density at radius 2 is 2.38 bits per heavy atom. The summed E-state index contributed by atoms with van der Waals surface area (Å²) in [5.41, 5.74) is 3.67. The SMILES string of the molecule is CC=C=CCOC(=O)C1=CCC[N+](C)(C)C1. The fourth-order valence-corrected chi connectivity index (χ4v) is 1.72. The van der Waals surface area contributed by atoms with Gasteiger partial charge in [-0.3, -0.25) is 0 Å². The number of nitrogens with zero attached hydrogens (tertiary/aromatic N) is 1. The van der Waals surface area contributed by atoms with Gasteiger partial charge in [-0.05, 0) is 19.1 Å². The lowest BCUT2D eigenvalue weighted by Gasteiger charge is -2.32. The zero-order chi connectivity index (χ0) is 12.0. The van der Waals surface area contributed by atoms with E-state index in [-0.39, 0.29) is 5.97 Å². The Labute approximate surface area is 97.3 Å². The lowest BCUT2D eigenvalue weighted by molar-refractivity contribution is -0.886. The molecule has 0 aromatic heterocycles. The summed E-state index contributed by atoms with van der Waals surface area (Å²) in [6, 6.07) is 0. The van der Waals surface area contributed by atoms with Gasteiger partial charge in [0.1, 0.15) is 13.2 Å². The Hall–Kier alpha value is -1.31. The van der Waals surface area contributed by atoms with Crippen LogP contribution in [0, 0.1) is 0 Å². The average molecular weight is 222 g/mol. The van der Waals surface area contributed by atoms with E-state index < -0.39 is 0 Å². The van der Waals surface area contributed by atoms with E-state index in [0.717, 1.165) is 29.6 Å². The number of hydrogen-bond donors (Lipinski definition) is 0. The molecule has 0 amide bonds. The monoisotopic (exact) mass is 222 g/mol.